The third-order valence-electron chi connectivity index (χ3n) is 5.85. The fraction of sp³-hybridized carbons (Fsp3) is 0.481. The minimum absolute atomic E-state index is 0.0268. The Morgan fingerprint density at radius 2 is 1.31 bits per heavy atom. The normalized spacial score (nSPS) is 15.3. The molecule has 2 rings (SSSR count). The van der Waals surface area contributed by atoms with Crippen molar-refractivity contribution < 1.29 is 4.43 Å². The Morgan fingerprint density at radius 1 is 0.828 bits per heavy atom. The lowest BCUT2D eigenvalue weighted by molar-refractivity contribution is 0.218. The van der Waals surface area contributed by atoms with Gasteiger partial charge in [0.05, 0.1) is 0 Å². The van der Waals surface area contributed by atoms with Gasteiger partial charge >= 0.3 is 0 Å². The van der Waals surface area contributed by atoms with Crippen LogP contribution in [0.25, 0.3) is 0 Å². The Kier molecular flexibility index (Phi) is 8.31. The first-order valence-electron chi connectivity index (χ1n) is 10.9. The van der Waals surface area contributed by atoms with Gasteiger partial charge in [0.25, 0.3) is 8.32 Å². The molecule has 0 aliphatic carbocycles. The van der Waals surface area contributed by atoms with Crippen LogP contribution in [0.5, 0.6) is 0 Å². The molecule has 3 atom stereocenters. The molecule has 29 heavy (non-hydrogen) atoms. The molecule has 0 spiro atoms. The Morgan fingerprint density at radius 3 is 1.72 bits per heavy atom. The molecule has 0 aliphatic rings. The molecule has 2 aromatic rings. The van der Waals surface area contributed by atoms with E-state index in [9.17, 15) is 0 Å². The molecule has 0 heterocycles. The third kappa shape index (κ3) is 5.84. The van der Waals surface area contributed by atoms with Crippen LogP contribution in [-0.4, -0.2) is 14.9 Å². The summed E-state index contributed by atoms with van der Waals surface area (Å²) in [4.78, 5) is 0. The summed E-state index contributed by atoms with van der Waals surface area (Å²) >= 11 is 0. The van der Waals surface area contributed by atoms with Crippen LogP contribution < -0.4 is 10.4 Å². The zero-order chi connectivity index (χ0) is 21.5. The minimum Gasteiger partial charge on any atom is -0.407 e. The highest BCUT2D eigenvalue weighted by atomic mass is 28.4. The van der Waals surface area contributed by atoms with E-state index in [2.05, 4.69) is 108 Å². The number of rotatable bonds is 9. The summed E-state index contributed by atoms with van der Waals surface area (Å²) in [6.07, 6.45) is 7.80. The first kappa shape index (κ1) is 23.5. The second-order valence-corrected chi connectivity index (χ2v) is 14.0. The summed E-state index contributed by atoms with van der Waals surface area (Å²) in [6, 6.07) is 21.8. The van der Waals surface area contributed by atoms with Gasteiger partial charge in [0.1, 0.15) is 0 Å². The fourth-order valence-corrected chi connectivity index (χ4v) is 9.24. The van der Waals surface area contributed by atoms with Gasteiger partial charge < -0.3 is 4.43 Å². The SMILES string of the molecule is C#C[C@@H](C)C[C@@H](C)C[C@@H](C)CO[Si](c1ccccc1)(c1ccccc1)C(C)(C)C. The highest BCUT2D eigenvalue weighted by Crippen LogP contribution is 2.37. The van der Waals surface area contributed by atoms with Gasteiger partial charge in [-0.3, -0.25) is 0 Å². The monoisotopic (exact) mass is 406 g/mol. The van der Waals surface area contributed by atoms with Crippen molar-refractivity contribution >= 4 is 18.7 Å². The van der Waals surface area contributed by atoms with Gasteiger partial charge in [0.15, 0.2) is 0 Å². The summed E-state index contributed by atoms with van der Waals surface area (Å²) < 4.78 is 7.06. The molecule has 0 N–H and O–H groups in total. The molecule has 1 nitrogen and oxygen atoms in total. The molecular formula is C27H38OSi. The molecule has 156 valence electrons. The lowest BCUT2D eigenvalue weighted by atomic mass is 9.90. The van der Waals surface area contributed by atoms with Crippen LogP contribution in [0.2, 0.25) is 5.04 Å². The number of benzene rings is 2. The van der Waals surface area contributed by atoms with Crippen molar-refractivity contribution in [2.24, 2.45) is 17.8 Å². The molecule has 0 amide bonds. The average molecular weight is 407 g/mol. The Hall–Kier alpha value is -1.82. The van der Waals surface area contributed by atoms with E-state index in [1.165, 1.54) is 10.4 Å². The molecule has 0 bridgehead atoms. The maximum Gasteiger partial charge on any atom is 0.261 e. The first-order valence-corrected chi connectivity index (χ1v) is 12.8. The summed E-state index contributed by atoms with van der Waals surface area (Å²) in [5.74, 6) is 4.31. The van der Waals surface area contributed by atoms with Crippen LogP contribution in [0.1, 0.15) is 54.4 Å². The fourth-order valence-electron chi connectivity index (χ4n) is 4.55. The van der Waals surface area contributed by atoms with Crippen molar-refractivity contribution in [2.75, 3.05) is 6.61 Å². The summed E-state index contributed by atoms with van der Waals surface area (Å²) in [5.41, 5.74) is 0. The molecule has 0 saturated heterocycles. The predicted octanol–water partition coefficient (Wildman–Crippen LogP) is 5.88. The van der Waals surface area contributed by atoms with Crippen molar-refractivity contribution in [1.29, 1.82) is 0 Å². The molecule has 0 aromatic heterocycles. The van der Waals surface area contributed by atoms with Crippen LogP contribution in [0.4, 0.5) is 0 Å². The topological polar surface area (TPSA) is 9.23 Å². The minimum atomic E-state index is -2.43. The zero-order valence-electron chi connectivity index (χ0n) is 19.1. The van der Waals surface area contributed by atoms with Crippen molar-refractivity contribution in [3.05, 3.63) is 60.7 Å². The van der Waals surface area contributed by atoms with Crippen LogP contribution in [-0.2, 0) is 4.43 Å². The zero-order valence-corrected chi connectivity index (χ0v) is 20.1. The van der Waals surface area contributed by atoms with E-state index in [0.29, 0.717) is 17.8 Å². The van der Waals surface area contributed by atoms with Gasteiger partial charge in [0, 0.05) is 12.5 Å². The van der Waals surface area contributed by atoms with Crippen molar-refractivity contribution in [2.45, 2.75) is 59.4 Å². The molecule has 0 radical (unpaired) electrons. The summed E-state index contributed by atoms with van der Waals surface area (Å²) in [5, 5.41) is 2.72. The maximum atomic E-state index is 7.06. The predicted molar refractivity (Wildman–Crippen MR) is 129 cm³/mol. The van der Waals surface area contributed by atoms with Gasteiger partial charge in [-0.2, -0.15) is 0 Å². The number of hydrogen-bond acceptors (Lipinski definition) is 1. The van der Waals surface area contributed by atoms with E-state index in [-0.39, 0.29) is 5.04 Å². The standard InChI is InChI=1S/C27H38OSi/c1-8-22(2)19-23(3)20-24(4)21-28-29(27(5,6)7,25-15-11-9-12-16-25)26-17-13-10-14-18-26/h1,9-18,22-24H,19-21H2,2-7H3/t22-,23-,24-/m1/s1. The quantitative estimate of drug-likeness (QED) is 0.373. The maximum absolute atomic E-state index is 7.06. The van der Waals surface area contributed by atoms with Crippen molar-refractivity contribution in [3.63, 3.8) is 0 Å². The Balaban J connectivity index is 2.31. The molecule has 2 aromatic carbocycles. The second kappa shape index (κ2) is 10.3. The van der Waals surface area contributed by atoms with E-state index in [4.69, 9.17) is 10.8 Å². The lowest BCUT2D eigenvalue weighted by Gasteiger charge is -2.43. The lowest BCUT2D eigenvalue weighted by Crippen LogP contribution is -2.66. The number of hydrogen-bond donors (Lipinski definition) is 0. The van der Waals surface area contributed by atoms with E-state index in [0.717, 1.165) is 19.4 Å². The van der Waals surface area contributed by atoms with Gasteiger partial charge in [-0.05, 0) is 40.1 Å². The van der Waals surface area contributed by atoms with Crippen LogP contribution in [0, 0.1) is 30.1 Å². The van der Waals surface area contributed by atoms with Crippen molar-refractivity contribution in [1.82, 2.24) is 0 Å². The third-order valence-corrected chi connectivity index (χ3v) is 10.9. The van der Waals surface area contributed by atoms with Crippen molar-refractivity contribution in [3.8, 4) is 12.3 Å². The van der Waals surface area contributed by atoms with Gasteiger partial charge in [-0.25, -0.2) is 0 Å². The second-order valence-electron chi connectivity index (χ2n) is 9.72. The van der Waals surface area contributed by atoms with Crippen LogP contribution in [0.3, 0.4) is 0 Å². The highest BCUT2D eigenvalue weighted by Gasteiger charge is 2.50. The Bertz CT molecular complexity index is 730. The van der Waals surface area contributed by atoms with E-state index in [1.807, 2.05) is 0 Å². The molecule has 0 aliphatic heterocycles. The van der Waals surface area contributed by atoms with Gasteiger partial charge in [0.2, 0.25) is 0 Å². The molecular weight excluding hydrogens is 368 g/mol. The Labute approximate surface area is 180 Å². The van der Waals surface area contributed by atoms with Crippen LogP contribution >= 0.6 is 0 Å². The number of terminal acetylenes is 1. The molecule has 0 fully saturated rings. The van der Waals surface area contributed by atoms with E-state index in [1.54, 1.807) is 0 Å². The van der Waals surface area contributed by atoms with Gasteiger partial charge in [-0.15, -0.1) is 12.3 Å². The molecule has 0 unspecified atom stereocenters. The molecule has 0 saturated carbocycles. The summed E-state index contributed by atoms with van der Waals surface area (Å²) in [6.45, 7) is 14.5. The van der Waals surface area contributed by atoms with E-state index < -0.39 is 8.32 Å². The van der Waals surface area contributed by atoms with Crippen LogP contribution in [0.15, 0.2) is 60.7 Å². The van der Waals surface area contributed by atoms with Gasteiger partial charge in [-0.1, -0.05) is 102 Å². The highest BCUT2D eigenvalue weighted by molar-refractivity contribution is 6.99. The summed E-state index contributed by atoms with van der Waals surface area (Å²) in [7, 11) is -2.43. The van der Waals surface area contributed by atoms with E-state index >= 15 is 0 Å². The molecule has 2 heteroatoms. The largest absolute Gasteiger partial charge is 0.407 e. The first-order chi connectivity index (χ1) is 13.7. The smallest absolute Gasteiger partial charge is 0.261 e. The average Bonchev–Trinajstić information content (AvgIpc) is 2.68.